The summed E-state index contributed by atoms with van der Waals surface area (Å²) in [7, 11) is 0. The fourth-order valence-corrected chi connectivity index (χ4v) is 3.37. The first-order chi connectivity index (χ1) is 11.6. The molecular weight excluding hydrogens is 305 g/mol. The molecule has 5 nitrogen and oxygen atoms in total. The maximum Gasteiger partial charge on any atom is 0.147 e. The number of benzene rings is 1. The highest BCUT2D eigenvalue weighted by atomic mass is 19.1. The molecule has 0 aliphatic carbocycles. The number of hydrogen-bond acceptors (Lipinski definition) is 4. The molecule has 1 aliphatic rings. The summed E-state index contributed by atoms with van der Waals surface area (Å²) in [5.74, 6) is 1.40. The third-order valence-corrected chi connectivity index (χ3v) is 4.65. The Hall–Kier alpha value is -2.26. The Morgan fingerprint density at radius 2 is 2.17 bits per heavy atom. The second-order valence-corrected chi connectivity index (χ2v) is 6.43. The lowest BCUT2D eigenvalue weighted by atomic mass is 10.0. The Balaban J connectivity index is 1.75. The number of halogens is 1. The van der Waals surface area contributed by atoms with E-state index < -0.39 is 0 Å². The quantitative estimate of drug-likeness (QED) is 0.866. The smallest absolute Gasteiger partial charge is 0.147 e. The molecule has 2 heterocycles. The molecule has 0 saturated carbocycles. The Morgan fingerprint density at radius 1 is 1.33 bits per heavy atom. The van der Waals surface area contributed by atoms with Gasteiger partial charge in [-0.25, -0.2) is 14.1 Å². The van der Waals surface area contributed by atoms with Crippen molar-refractivity contribution in [3.8, 4) is 6.07 Å². The topological polar surface area (TPSA) is 57.7 Å². The van der Waals surface area contributed by atoms with E-state index in [1.54, 1.807) is 12.1 Å². The van der Waals surface area contributed by atoms with Crippen LogP contribution in [-0.4, -0.2) is 32.3 Å². The summed E-state index contributed by atoms with van der Waals surface area (Å²) in [5.41, 5.74) is 1.01. The zero-order valence-corrected chi connectivity index (χ0v) is 14.2. The highest BCUT2D eigenvalue weighted by molar-refractivity contribution is 5.32. The van der Waals surface area contributed by atoms with Crippen molar-refractivity contribution in [2.75, 3.05) is 6.54 Å². The maximum absolute atomic E-state index is 14.2. The predicted octanol–water partition coefficient (Wildman–Crippen LogP) is 2.96. The van der Waals surface area contributed by atoms with Crippen molar-refractivity contribution in [1.29, 1.82) is 5.26 Å². The van der Waals surface area contributed by atoms with E-state index in [9.17, 15) is 4.39 Å². The number of piperidine rings is 1. The summed E-state index contributed by atoms with van der Waals surface area (Å²) in [5, 5.41) is 13.3. The minimum atomic E-state index is -0.300. The molecule has 0 amide bonds. The third-order valence-electron chi connectivity index (χ3n) is 4.65. The Bertz CT molecular complexity index is 761. The van der Waals surface area contributed by atoms with Crippen LogP contribution in [0.1, 0.15) is 42.0 Å². The van der Waals surface area contributed by atoms with Gasteiger partial charge < -0.3 is 0 Å². The summed E-state index contributed by atoms with van der Waals surface area (Å²) in [6.07, 6.45) is 3.39. The largest absolute Gasteiger partial charge is 0.294 e. The Kier molecular flexibility index (Phi) is 4.91. The van der Waals surface area contributed by atoms with Gasteiger partial charge in [0.15, 0.2) is 0 Å². The molecule has 126 valence electrons. The number of hydrogen-bond donors (Lipinski definition) is 0. The van der Waals surface area contributed by atoms with E-state index in [-0.39, 0.29) is 5.82 Å². The van der Waals surface area contributed by atoms with Gasteiger partial charge in [-0.15, -0.1) is 0 Å². The molecule has 0 spiro atoms. The fourth-order valence-electron chi connectivity index (χ4n) is 3.37. The average molecular weight is 327 g/mol. The minimum Gasteiger partial charge on any atom is -0.294 e. The number of nitrogens with zero attached hydrogens (tertiary/aromatic N) is 5. The zero-order chi connectivity index (χ0) is 17.1. The molecule has 0 bridgehead atoms. The molecule has 0 N–H and O–H groups in total. The summed E-state index contributed by atoms with van der Waals surface area (Å²) in [6.45, 7) is 6.16. The highest BCUT2D eigenvalue weighted by Crippen LogP contribution is 2.22. The van der Waals surface area contributed by atoms with Crippen LogP contribution in [0, 0.1) is 31.0 Å². The van der Waals surface area contributed by atoms with E-state index in [0.29, 0.717) is 23.7 Å². The van der Waals surface area contributed by atoms with Gasteiger partial charge in [-0.1, -0.05) is 12.5 Å². The molecule has 3 rings (SSSR count). The predicted molar refractivity (Wildman–Crippen MR) is 88.7 cm³/mol. The minimum absolute atomic E-state index is 0.300. The Labute approximate surface area is 141 Å². The second-order valence-electron chi connectivity index (χ2n) is 6.43. The molecule has 0 radical (unpaired) electrons. The van der Waals surface area contributed by atoms with Gasteiger partial charge in [-0.3, -0.25) is 4.90 Å². The number of aromatic nitrogens is 3. The van der Waals surface area contributed by atoms with E-state index in [0.717, 1.165) is 37.6 Å². The highest BCUT2D eigenvalue weighted by Gasteiger charge is 2.24. The SMILES string of the molecule is Cc1nc(C)n(CC2CCCCN2Cc2ccc(C#N)cc2F)n1. The third kappa shape index (κ3) is 3.62. The van der Waals surface area contributed by atoms with Gasteiger partial charge in [0.25, 0.3) is 0 Å². The average Bonchev–Trinajstić information content (AvgIpc) is 2.88. The zero-order valence-electron chi connectivity index (χ0n) is 14.2. The van der Waals surface area contributed by atoms with Crippen LogP contribution in [-0.2, 0) is 13.1 Å². The summed E-state index contributed by atoms with van der Waals surface area (Å²) in [6, 6.07) is 7.03. The van der Waals surface area contributed by atoms with Crippen molar-refractivity contribution in [3.63, 3.8) is 0 Å². The van der Waals surface area contributed by atoms with Crippen molar-refractivity contribution in [1.82, 2.24) is 19.7 Å². The van der Waals surface area contributed by atoms with E-state index in [4.69, 9.17) is 5.26 Å². The summed E-state index contributed by atoms with van der Waals surface area (Å²) in [4.78, 5) is 6.69. The molecule has 1 fully saturated rings. The van der Waals surface area contributed by atoms with Crippen LogP contribution in [0.2, 0.25) is 0 Å². The Morgan fingerprint density at radius 3 is 2.83 bits per heavy atom. The van der Waals surface area contributed by atoms with Gasteiger partial charge in [0, 0.05) is 18.2 Å². The van der Waals surface area contributed by atoms with Crippen LogP contribution in [0.4, 0.5) is 4.39 Å². The molecule has 24 heavy (non-hydrogen) atoms. The van der Waals surface area contributed by atoms with Gasteiger partial charge in [0.05, 0.1) is 18.2 Å². The van der Waals surface area contributed by atoms with Crippen molar-refractivity contribution in [3.05, 3.63) is 46.8 Å². The van der Waals surface area contributed by atoms with Gasteiger partial charge in [-0.05, 0) is 45.4 Å². The molecule has 1 unspecified atom stereocenters. The number of nitriles is 1. The number of rotatable bonds is 4. The molecular formula is C18H22FN5. The normalized spacial score (nSPS) is 18.5. The van der Waals surface area contributed by atoms with Crippen LogP contribution in [0.5, 0.6) is 0 Å². The second kappa shape index (κ2) is 7.10. The molecule has 1 aliphatic heterocycles. The first-order valence-electron chi connectivity index (χ1n) is 8.37. The summed E-state index contributed by atoms with van der Waals surface area (Å²) < 4.78 is 16.2. The standard InChI is InChI=1S/C18H22FN5/c1-13-21-14(2)24(22-13)12-17-5-3-4-8-23(17)11-16-7-6-15(10-20)9-18(16)19/h6-7,9,17H,3-5,8,11-12H2,1-2H3. The van der Waals surface area contributed by atoms with E-state index >= 15 is 0 Å². The van der Waals surface area contributed by atoms with Gasteiger partial charge in [0.2, 0.25) is 0 Å². The van der Waals surface area contributed by atoms with Crippen LogP contribution in [0.3, 0.4) is 0 Å². The van der Waals surface area contributed by atoms with Gasteiger partial charge >= 0.3 is 0 Å². The van der Waals surface area contributed by atoms with E-state index in [1.807, 2.05) is 24.6 Å². The lowest BCUT2D eigenvalue weighted by molar-refractivity contribution is 0.120. The monoisotopic (exact) mass is 327 g/mol. The summed E-state index contributed by atoms with van der Waals surface area (Å²) >= 11 is 0. The van der Waals surface area contributed by atoms with Crippen LogP contribution in [0.25, 0.3) is 0 Å². The van der Waals surface area contributed by atoms with E-state index in [2.05, 4.69) is 15.0 Å². The number of likely N-dealkylation sites (tertiary alicyclic amines) is 1. The van der Waals surface area contributed by atoms with Crippen LogP contribution >= 0.6 is 0 Å². The van der Waals surface area contributed by atoms with Crippen molar-refractivity contribution in [2.24, 2.45) is 0 Å². The molecule has 1 saturated heterocycles. The molecule has 6 heteroatoms. The molecule has 1 aromatic carbocycles. The number of aryl methyl sites for hydroxylation is 2. The van der Waals surface area contributed by atoms with Crippen LogP contribution in [0.15, 0.2) is 18.2 Å². The van der Waals surface area contributed by atoms with E-state index in [1.165, 1.54) is 12.5 Å². The first-order valence-corrected chi connectivity index (χ1v) is 8.37. The van der Waals surface area contributed by atoms with Gasteiger partial charge in [0.1, 0.15) is 17.5 Å². The fraction of sp³-hybridized carbons (Fsp3) is 0.500. The lowest BCUT2D eigenvalue weighted by Gasteiger charge is -2.35. The van der Waals surface area contributed by atoms with Crippen molar-refractivity contribution >= 4 is 0 Å². The first kappa shape index (κ1) is 16.6. The van der Waals surface area contributed by atoms with Crippen molar-refractivity contribution in [2.45, 2.75) is 52.2 Å². The molecule has 1 atom stereocenters. The lowest BCUT2D eigenvalue weighted by Crippen LogP contribution is -2.42. The van der Waals surface area contributed by atoms with Gasteiger partial charge in [-0.2, -0.15) is 10.4 Å². The van der Waals surface area contributed by atoms with Crippen molar-refractivity contribution < 1.29 is 4.39 Å². The van der Waals surface area contributed by atoms with Crippen LogP contribution < -0.4 is 0 Å². The maximum atomic E-state index is 14.2. The molecule has 1 aromatic heterocycles. The molecule has 2 aromatic rings.